The number of aromatic nitrogens is 2. The Kier molecular flexibility index (Phi) is 6.40. The minimum Gasteiger partial charge on any atom is -0.379 e. The highest BCUT2D eigenvalue weighted by atomic mass is 32.1. The molecule has 1 aliphatic heterocycles. The molecule has 1 aromatic carbocycles. The van der Waals surface area contributed by atoms with Gasteiger partial charge >= 0.3 is 0 Å². The minimum atomic E-state index is 0.417. The van der Waals surface area contributed by atoms with Crippen molar-refractivity contribution in [1.29, 1.82) is 0 Å². The maximum absolute atomic E-state index is 5.49. The lowest BCUT2D eigenvalue weighted by Gasteiger charge is -2.32. The van der Waals surface area contributed by atoms with Crippen LogP contribution in [0.1, 0.15) is 12.7 Å². The predicted octanol–water partition coefficient (Wildman–Crippen LogP) is 3.55. The molecule has 1 saturated heterocycles. The molecular weight excluding hydrogens is 382 g/mol. The third-order valence-electron chi connectivity index (χ3n) is 5.26. The fourth-order valence-corrected chi connectivity index (χ4v) is 4.66. The molecule has 0 radical (unpaired) electrons. The summed E-state index contributed by atoms with van der Waals surface area (Å²) in [4.78, 5) is 15.4. The maximum Gasteiger partial charge on any atom is 0.146 e. The number of anilines is 1. The first kappa shape index (κ1) is 20.2. The Morgan fingerprint density at radius 3 is 2.66 bits per heavy atom. The highest BCUT2D eigenvalue weighted by molar-refractivity contribution is 7.17. The molecule has 0 saturated carbocycles. The third-order valence-corrected chi connectivity index (χ3v) is 6.13. The van der Waals surface area contributed by atoms with Crippen molar-refractivity contribution in [3.8, 4) is 11.1 Å². The van der Waals surface area contributed by atoms with Crippen LogP contribution in [0, 0.1) is 0 Å². The van der Waals surface area contributed by atoms with Crippen molar-refractivity contribution in [1.82, 2.24) is 19.8 Å². The van der Waals surface area contributed by atoms with E-state index < -0.39 is 0 Å². The SMILES string of the molecule is CC(CNc1nc(CN(C)C)nc2scc(-c3ccccc3)c12)N1CCOCC1. The van der Waals surface area contributed by atoms with Crippen molar-refractivity contribution in [2.45, 2.75) is 19.5 Å². The molecule has 1 atom stereocenters. The number of hydrogen-bond acceptors (Lipinski definition) is 7. The second kappa shape index (κ2) is 9.17. The van der Waals surface area contributed by atoms with E-state index in [4.69, 9.17) is 14.7 Å². The molecular formula is C22H29N5OS. The highest BCUT2D eigenvalue weighted by Gasteiger charge is 2.19. The van der Waals surface area contributed by atoms with Crippen molar-refractivity contribution in [3.05, 3.63) is 41.5 Å². The molecule has 1 fully saturated rings. The molecule has 6 nitrogen and oxygen atoms in total. The summed E-state index contributed by atoms with van der Waals surface area (Å²) >= 11 is 1.69. The lowest BCUT2D eigenvalue weighted by Crippen LogP contribution is -2.45. The zero-order valence-corrected chi connectivity index (χ0v) is 18.2. The monoisotopic (exact) mass is 411 g/mol. The molecule has 154 valence electrons. The molecule has 0 aliphatic carbocycles. The van der Waals surface area contributed by atoms with E-state index in [0.29, 0.717) is 6.04 Å². The average molecular weight is 412 g/mol. The van der Waals surface area contributed by atoms with Crippen LogP contribution >= 0.6 is 11.3 Å². The number of nitrogens with one attached hydrogen (secondary N) is 1. The van der Waals surface area contributed by atoms with E-state index >= 15 is 0 Å². The van der Waals surface area contributed by atoms with E-state index in [1.54, 1.807) is 11.3 Å². The average Bonchev–Trinajstić information content (AvgIpc) is 3.16. The normalized spacial score (nSPS) is 16.4. The van der Waals surface area contributed by atoms with Crippen LogP contribution in [-0.2, 0) is 11.3 Å². The summed E-state index contributed by atoms with van der Waals surface area (Å²) in [5, 5.41) is 6.97. The Balaban J connectivity index is 1.66. The zero-order valence-electron chi connectivity index (χ0n) is 17.4. The van der Waals surface area contributed by atoms with Crippen molar-refractivity contribution in [3.63, 3.8) is 0 Å². The van der Waals surface area contributed by atoms with Crippen LogP contribution in [0.3, 0.4) is 0 Å². The van der Waals surface area contributed by atoms with Crippen LogP contribution in [0.5, 0.6) is 0 Å². The predicted molar refractivity (Wildman–Crippen MR) is 121 cm³/mol. The molecule has 1 aliphatic rings. The van der Waals surface area contributed by atoms with Crippen molar-refractivity contribution in [2.24, 2.45) is 0 Å². The first-order valence-electron chi connectivity index (χ1n) is 10.2. The van der Waals surface area contributed by atoms with Gasteiger partial charge in [0.05, 0.1) is 25.1 Å². The Hall–Kier alpha value is -2.06. The number of benzene rings is 1. The first-order valence-corrected chi connectivity index (χ1v) is 11.0. The minimum absolute atomic E-state index is 0.417. The largest absolute Gasteiger partial charge is 0.379 e. The van der Waals surface area contributed by atoms with Crippen molar-refractivity contribution < 1.29 is 4.74 Å². The fourth-order valence-electron chi connectivity index (χ4n) is 3.69. The fraction of sp³-hybridized carbons (Fsp3) is 0.455. The van der Waals surface area contributed by atoms with Crippen LogP contribution in [0.15, 0.2) is 35.7 Å². The number of morpholine rings is 1. The molecule has 0 spiro atoms. The molecule has 0 bridgehead atoms. The van der Waals surface area contributed by atoms with Gasteiger partial charge in [-0.2, -0.15) is 0 Å². The van der Waals surface area contributed by atoms with Gasteiger partial charge < -0.3 is 15.0 Å². The van der Waals surface area contributed by atoms with Gasteiger partial charge in [-0.1, -0.05) is 30.3 Å². The first-order chi connectivity index (χ1) is 14.1. The van der Waals surface area contributed by atoms with Gasteiger partial charge in [0.1, 0.15) is 16.5 Å². The zero-order chi connectivity index (χ0) is 20.2. The van der Waals surface area contributed by atoms with Gasteiger partial charge in [0.25, 0.3) is 0 Å². The lowest BCUT2D eigenvalue weighted by molar-refractivity contribution is 0.0227. The van der Waals surface area contributed by atoms with Crippen LogP contribution < -0.4 is 5.32 Å². The summed E-state index contributed by atoms with van der Waals surface area (Å²) in [6.07, 6.45) is 0. The van der Waals surface area contributed by atoms with Gasteiger partial charge in [-0.25, -0.2) is 9.97 Å². The summed E-state index contributed by atoms with van der Waals surface area (Å²) in [7, 11) is 4.09. The number of ether oxygens (including phenoxy) is 1. The summed E-state index contributed by atoms with van der Waals surface area (Å²) < 4.78 is 5.49. The Morgan fingerprint density at radius 2 is 1.93 bits per heavy atom. The third kappa shape index (κ3) is 4.75. The lowest BCUT2D eigenvalue weighted by atomic mass is 10.1. The second-order valence-corrected chi connectivity index (χ2v) is 8.66. The Morgan fingerprint density at radius 1 is 1.17 bits per heavy atom. The number of fused-ring (bicyclic) bond motifs is 1. The number of nitrogens with zero attached hydrogens (tertiary/aromatic N) is 4. The van der Waals surface area contributed by atoms with Gasteiger partial charge in [0, 0.05) is 36.6 Å². The van der Waals surface area contributed by atoms with Gasteiger partial charge in [-0.3, -0.25) is 4.90 Å². The topological polar surface area (TPSA) is 53.5 Å². The number of rotatable bonds is 7. The smallest absolute Gasteiger partial charge is 0.146 e. The van der Waals surface area contributed by atoms with Crippen LogP contribution in [0.4, 0.5) is 5.82 Å². The molecule has 1 N–H and O–H groups in total. The van der Waals surface area contributed by atoms with Crippen LogP contribution in [-0.4, -0.2) is 72.8 Å². The number of thiophene rings is 1. The summed E-state index contributed by atoms with van der Waals surface area (Å²) in [5.74, 6) is 1.79. The standard InChI is InChI=1S/C22H29N5OS/c1-16(27-9-11-28-12-10-27)13-23-21-20-18(17-7-5-4-6-8-17)15-29-22(20)25-19(24-21)14-26(2)3/h4-8,15-16H,9-14H2,1-3H3,(H,23,24,25). The molecule has 3 aromatic rings. The molecule has 2 aromatic heterocycles. The Labute approximate surface area is 176 Å². The molecule has 29 heavy (non-hydrogen) atoms. The van der Waals surface area contributed by atoms with Gasteiger partial charge in [-0.05, 0) is 26.6 Å². The summed E-state index contributed by atoms with van der Waals surface area (Å²) in [5.41, 5.74) is 2.40. The van der Waals surface area contributed by atoms with E-state index in [-0.39, 0.29) is 0 Å². The second-order valence-electron chi connectivity index (χ2n) is 7.80. The quantitative estimate of drug-likeness (QED) is 0.642. The highest BCUT2D eigenvalue weighted by Crippen LogP contribution is 2.37. The van der Waals surface area contributed by atoms with Gasteiger partial charge in [0.15, 0.2) is 0 Å². The van der Waals surface area contributed by atoms with E-state index in [0.717, 1.165) is 61.3 Å². The van der Waals surface area contributed by atoms with E-state index in [9.17, 15) is 0 Å². The van der Waals surface area contributed by atoms with Crippen LogP contribution in [0.2, 0.25) is 0 Å². The van der Waals surface area contributed by atoms with E-state index in [1.165, 1.54) is 11.1 Å². The van der Waals surface area contributed by atoms with Crippen molar-refractivity contribution in [2.75, 3.05) is 52.3 Å². The maximum atomic E-state index is 5.49. The summed E-state index contributed by atoms with van der Waals surface area (Å²) in [6, 6.07) is 10.9. The molecule has 7 heteroatoms. The van der Waals surface area contributed by atoms with Gasteiger partial charge in [-0.15, -0.1) is 11.3 Å². The van der Waals surface area contributed by atoms with E-state index in [1.807, 2.05) is 20.2 Å². The van der Waals surface area contributed by atoms with E-state index in [2.05, 4.69) is 51.7 Å². The van der Waals surface area contributed by atoms with Crippen LogP contribution in [0.25, 0.3) is 21.3 Å². The Bertz CT molecular complexity index is 937. The molecule has 1 unspecified atom stereocenters. The number of hydrogen-bond donors (Lipinski definition) is 1. The summed E-state index contributed by atoms with van der Waals surface area (Å²) in [6.45, 7) is 7.45. The molecule has 4 rings (SSSR count). The molecule has 3 heterocycles. The van der Waals surface area contributed by atoms with Gasteiger partial charge in [0.2, 0.25) is 0 Å². The molecule has 0 amide bonds. The van der Waals surface area contributed by atoms with Crippen molar-refractivity contribution >= 4 is 27.4 Å².